The van der Waals surface area contributed by atoms with Crippen LogP contribution >= 0.6 is 0 Å². The maximum atomic E-state index is 9.27. The van der Waals surface area contributed by atoms with Gasteiger partial charge in [-0.3, -0.25) is 4.57 Å². The van der Waals surface area contributed by atoms with Crippen molar-refractivity contribution in [3.8, 4) is 73.2 Å². The van der Waals surface area contributed by atoms with E-state index in [-0.39, 0.29) is 30.1 Å². The van der Waals surface area contributed by atoms with Crippen LogP contribution in [0.1, 0.15) is 5.48 Å². The van der Waals surface area contributed by atoms with Gasteiger partial charge in [0.2, 0.25) is 5.95 Å². The summed E-state index contributed by atoms with van der Waals surface area (Å²) >= 11 is 0. The van der Waals surface area contributed by atoms with Crippen molar-refractivity contribution in [1.29, 1.82) is 0 Å². The van der Waals surface area contributed by atoms with Crippen molar-refractivity contribution in [2.24, 2.45) is 0 Å². The fourth-order valence-electron chi connectivity index (χ4n) is 7.25. The number of hydrogen-bond donors (Lipinski definition) is 0. The van der Waals surface area contributed by atoms with E-state index in [2.05, 4.69) is 54.6 Å². The Morgan fingerprint density at radius 3 is 1.31 bits per heavy atom. The third-order valence-corrected chi connectivity index (χ3v) is 9.98. The predicted octanol–water partition coefficient (Wildman–Crippen LogP) is 13.0. The number of benzene rings is 8. The third kappa shape index (κ3) is 6.16. The summed E-state index contributed by atoms with van der Waals surface area (Å²) in [7, 11) is 0. The maximum absolute atomic E-state index is 9.27. The molecule has 0 atom stereocenters. The Balaban J connectivity index is 1.21. The zero-order valence-electron chi connectivity index (χ0n) is 33.6. The second-order valence-corrected chi connectivity index (χ2v) is 13.4. The van der Waals surface area contributed by atoms with Gasteiger partial charge in [0.1, 0.15) is 0 Å². The van der Waals surface area contributed by atoms with E-state index in [4.69, 9.17) is 17.7 Å². The molecule has 4 nitrogen and oxygen atoms in total. The molecule has 0 saturated carbocycles. The van der Waals surface area contributed by atoms with Gasteiger partial charge >= 0.3 is 0 Å². The minimum Gasteiger partial charge on any atom is -0.278 e. The van der Waals surface area contributed by atoms with Crippen LogP contribution in [-0.2, 0) is 0 Å². The predicted molar refractivity (Wildman–Crippen MR) is 227 cm³/mol. The van der Waals surface area contributed by atoms with Gasteiger partial charge in [0.05, 0.1) is 16.5 Å². The molecule has 0 amide bonds. The van der Waals surface area contributed by atoms with E-state index in [0.29, 0.717) is 33.5 Å². The van der Waals surface area contributed by atoms with E-state index < -0.39 is 0 Å². The van der Waals surface area contributed by atoms with E-state index in [9.17, 15) is 2.74 Å². The van der Waals surface area contributed by atoms with E-state index in [1.807, 2.05) is 127 Å². The highest BCUT2D eigenvalue weighted by atomic mass is 15.2. The van der Waals surface area contributed by atoms with E-state index in [1.165, 1.54) is 0 Å². The Morgan fingerprint density at radius 2 is 0.745 bits per heavy atom. The number of aromatic nitrogens is 4. The maximum Gasteiger partial charge on any atom is 0.238 e. The van der Waals surface area contributed by atoms with Crippen LogP contribution in [-0.4, -0.2) is 19.5 Å². The Kier molecular flexibility index (Phi) is 7.08. The van der Waals surface area contributed by atoms with Crippen LogP contribution in [0.25, 0.3) is 95.0 Å². The summed E-state index contributed by atoms with van der Waals surface area (Å²) in [5.74, 6) is 1.12. The van der Waals surface area contributed by atoms with Crippen LogP contribution in [0.3, 0.4) is 0 Å². The van der Waals surface area contributed by atoms with Crippen LogP contribution in [0.4, 0.5) is 0 Å². The molecule has 0 fully saturated rings. The molecule has 0 aliphatic carbocycles. The fourth-order valence-corrected chi connectivity index (χ4v) is 7.25. The lowest BCUT2D eigenvalue weighted by Crippen LogP contribution is -2.06. The number of rotatable bonds is 7. The summed E-state index contributed by atoms with van der Waals surface area (Å²) in [4.78, 5) is 15.0. The lowest BCUT2D eigenvalue weighted by molar-refractivity contribution is 0.953. The first-order chi connectivity index (χ1) is 28.9. The molecule has 55 heavy (non-hydrogen) atoms. The third-order valence-electron chi connectivity index (χ3n) is 9.98. The number of para-hydroxylation sites is 1. The minimum absolute atomic E-state index is 0.126. The Labute approximate surface area is 325 Å². The summed E-state index contributed by atoms with van der Waals surface area (Å²) < 4.78 is 37.8. The van der Waals surface area contributed by atoms with Crippen molar-refractivity contribution < 1.29 is 5.48 Å². The average molecular weight is 707 g/mol. The van der Waals surface area contributed by atoms with Crippen molar-refractivity contribution in [3.05, 3.63) is 206 Å². The second kappa shape index (κ2) is 13.8. The summed E-state index contributed by atoms with van der Waals surface area (Å²) in [6, 6.07) is 60.2. The van der Waals surface area contributed by atoms with Gasteiger partial charge in [0.25, 0.3) is 0 Å². The molecule has 0 spiro atoms. The molecule has 4 heteroatoms. The van der Waals surface area contributed by atoms with Crippen molar-refractivity contribution in [2.75, 3.05) is 0 Å². The van der Waals surface area contributed by atoms with Crippen LogP contribution in [0.2, 0.25) is 0 Å². The Hall–Kier alpha value is -7.43. The summed E-state index contributed by atoms with van der Waals surface area (Å²) in [5.41, 5.74) is 10.9. The molecular formula is C51H34N4. The largest absolute Gasteiger partial charge is 0.278 e. The molecule has 0 N–H and O–H groups in total. The molecule has 2 aromatic heterocycles. The lowest BCUT2D eigenvalue weighted by atomic mass is 9.93. The molecule has 2 heterocycles. The lowest BCUT2D eigenvalue weighted by Gasteiger charge is -2.12. The first-order valence-electron chi connectivity index (χ1n) is 20.2. The van der Waals surface area contributed by atoms with E-state index >= 15 is 0 Å². The van der Waals surface area contributed by atoms with Gasteiger partial charge in [-0.05, 0) is 80.9 Å². The molecule has 0 unspecified atom stereocenters. The molecule has 10 rings (SSSR count). The quantitative estimate of drug-likeness (QED) is 0.166. The van der Waals surface area contributed by atoms with Gasteiger partial charge in [-0.25, -0.2) is 4.98 Å². The van der Waals surface area contributed by atoms with Crippen LogP contribution in [0.15, 0.2) is 206 Å². The molecule has 10 aromatic rings. The Morgan fingerprint density at radius 1 is 0.327 bits per heavy atom. The second-order valence-electron chi connectivity index (χ2n) is 13.4. The van der Waals surface area contributed by atoms with Gasteiger partial charge in [-0.2, -0.15) is 9.97 Å². The highest BCUT2D eigenvalue weighted by Crippen LogP contribution is 2.38. The minimum atomic E-state index is -0.330. The van der Waals surface area contributed by atoms with Gasteiger partial charge < -0.3 is 0 Å². The van der Waals surface area contributed by atoms with E-state index in [0.717, 1.165) is 55.6 Å². The SMILES string of the molecule is [2H]c1c([2H])c([2H])c2c(c1[2H])c1cc(-c3cc(-c4ccccc4)cc(-c4ccccc4)c3)ccc1n2-c1nc(-c2ccccc2)nc(-c2ccc(-c3ccccc3)cc2)n1. The fraction of sp³-hybridized carbons (Fsp3) is 0. The van der Waals surface area contributed by atoms with Crippen molar-refractivity contribution in [2.45, 2.75) is 0 Å². The topological polar surface area (TPSA) is 43.6 Å². The van der Waals surface area contributed by atoms with Gasteiger partial charge in [0, 0.05) is 21.9 Å². The molecule has 0 saturated heterocycles. The zero-order valence-corrected chi connectivity index (χ0v) is 29.6. The van der Waals surface area contributed by atoms with Gasteiger partial charge in [-0.15, -0.1) is 0 Å². The number of nitrogens with zero attached hydrogens (tertiary/aromatic N) is 4. The smallest absolute Gasteiger partial charge is 0.238 e. The average Bonchev–Trinajstić information content (AvgIpc) is 3.66. The zero-order chi connectivity index (χ0) is 40.0. The van der Waals surface area contributed by atoms with Crippen LogP contribution in [0, 0.1) is 0 Å². The number of hydrogen-bond acceptors (Lipinski definition) is 3. The molecule has 258 valence electrons. The number of fused-ring (bicyclic) bond motifs is 3. The van der Waals surface area contributed by atoms with E-state index in [1.54, 1.807) is 4.57 Å². The van der Waals surface area contributed by atoms with Crippen LogP contribution < -0.4 is 0 Å². The van der Waals surface area contributed by atoms with Crippen LogP contribution in [0.5, 0.6) is 0 Å². The highest BCUT2D eigenvalue weighted by molar-refractivity contribution is 6.10. The summed E-state index contributed by atoms with van der Waals surface area (Å²) in [5, 5.41) is 1.05. The first-order valence-corrected chi connectivity index (χ1v) is 18.2. The molecule has 0 aliphatic rings. The van der Waals surface area contributed by atoms with Crippen molar-refractivity contribution in [1.82, 2.24) is 19.5 Å². The molecule has 8 aromatic carbocycles. The Bertz CT molecular complexity index is 3110. The van der Waals surface area contributed by atoms with Crippen molar-refractivity contribution >= 4 is 21.8 Å². The molecule has 0 radical (unpaired) electrons. The molecular weight excluding hydrogens is 669 g/mol. The summed E-state index contributed by atoms with van der Waals surface area (Å²) in [6.07, 6.45) is 0. The van der Waals surface area contributed by atoms with Crippen molar-refractivity contribution in [3.63, 3.8) is 0 Å². The van der Waals surface area contributed by atoms with Gasteiger partial charge in [-0.1, -0.05) is 170 Å². The molecule has 0 bridgehead atoms. The normalized spacial score (nSPS) is 12.3. The summed E-state index contributed by atoms with van der Waals surface area (Å²) in [6.45, 7) is 0. The highest BCUT2D eigenvalue weighted by Gasteiger charge is 2.19. The standard InChI is InChI=1S/C51H34N4/c1-5-15-35(16-6-1)38-25-27-40(28-26-38)50-52-49(39-21-11-4-12-22-39)53-51(54-50)55-47-24-14-13-23-45(47)46-34-41(29-30-48(46)55)44-32-42(36-17-7-2-8-18-36)31-43(33-44)37-19-9-3-10-20-37/h1-34H/i13D,14D,23D,24D. The molecule has 0 aliphatic heterocycles. The monoisotopic (exact) mass is 706 g/mol. The van der Waals surface area contributed by atoms with Gasteiger partial charge in [0.15, 0.2) is 11.6 Å². The first kappa shape index (κ1) is 28.1.